The first-order valence-corrected chi connectivity index (χ1v) is 12.4. The molecule has 1 aromatic heterocycles. The number of piperazine rings is 1. The van der Waals surface area contributed by atoms with Gasteiger partial charge in [-0.2, -0.15) is 0 Å². The minimum atomic E-state index is -3.26. The quantitative estimate of drug-likeness (QED) is 0.557. The largest absolute Gasteiger partial charge is 0.493 e. The van der Waals surface area contributed by atoms with Gasteiger partial charge in [0.1, 0.15) is 0 Å². The average molecular weight is 462 g/mol. The summed E-state index contributed by atoms with van der Waals surface area (Å²) in [5, 5.41) is 0.832. The van der Waals surface area contributed by atoms with Crippen LogP contribution >= 0.6 is 11.3 Å². The molecule has 1 amide bonds. The van der Waals surface area contributed by atoms with Crippen LogP contribution in [0.3, 0.4) is 0 Å². The minimum absolute atomic E-state index is 0.0459. The molecule has 1 aliphatic rings. The summed E-state index contributed by atoms with van der Waals surface area (Å²) in [7, 11) is -1.69. The summed E-state index contributed by atoms with van der Waals surface area (Å²) in [5.41, 5.74) is 0.774. The van der Waals surface area contributed by atoms with Crippen molar-refractivity contribution in [3.63, 3.8) is 0 Å². The summed E-state index contributed by atoms with van der Waals surface area (Å²) in [5.74, 6) is 1.06. The number of fused-ring (bicyclic) bond motifs is 1. The molecule has 3 aromatic rings. The van der Waals surface area contributed by atoms with Crippen LogP contribution in [0.4, 0.5) is 5.13 Å². The molecule has 1 aliphatic heterocycles. The highest BCUT2D eigenvalue weighted by molar-refractivity contribution is 7.90. The Morgan fingerprint density at radius 3 is 2.48 bits per heavy atom. The van der Waals surface area contributed by atoms with Gasteiger partial charge in [-0.1, -0.05) is 23.5 Å². The van der Waals surface area contributed by atoms with Crippen LogP contribution in [0.15, 0.2) is 47.4 Å². The minimum Gasteiger partial charge on any atom is -0.493 e. The second-order valence-corrected chi connectivity index (χ2v) is 10.2. The van der Waals surface area contributed by atoms with Crippen LogP contribution in [0.1, 0.15) is 0 Å². The van der Waals surface area contributed by atoms with E-state index >= 15 is 0 Å². The van der Waals surface area contributed by atoms with E-state index in [-0.39, 0.29) is 12.5 Å². The molecule has 164 valence electrons. The Hall–Kier alpha value is -2.85. The zero-order valence-electron chi connectivity index (χ0n) is 17.3. The van der Waals surface area contributed by atoms with E-state index in [9.17, 15) is 13.2 Å². The third-order valence-electron chi connectivity index (χ3n) is 5.10. The van der Waals surface area contributed by atoms with Gasteiger partial charge in [0.15, 0.2) is 33.1 Å². The first kappa shape index (κ1) is 21.4. The first-order valence-electron chi connectivity index (χ1n) is 9.74. The lowest BCUT2D eigenvalue weighted by Gasteiger charge is -2.34. The molecule has 1 saturated heterocycles. The van der Waals surface area contributed by atoms with Crippen molar-refractivity contribution in [2.75, 3.05) is 51.1 Å². The number of methoxy groups -OCH3 is 1. The van der Waals surface area contributed by atoms with Crippen LogP contribution in [-0.4, -0.2) is 70.4 Å². The number of nitrogens with zero attached hydrogens (tertiary/aromatic N) is 3. The van der Waals surface area contributed by atoms with Gasteiger partial charge in [0.05, 0.1) is 22.2 Å². The molecule has 0 radical (unpaired) electrons. The number of carbonyl (C=O) groups excluding carboxylic acids is 1. The van der Waals surface area contributed by atoms with Crippen molar-refractivity contribution in [3.05, 3.63) is 42.5 Å². The number of anilines is 1. The summed E-state index contributed by atoms with van der Waals surface area (Å²) >= 11 is 1.46. The molecular weight excluding hydrogens is 438 g/mol. The van der Waals surface area contributed by atoms with Crippen LogP contribution in [0.2, 0.25) is 0 Å². The van der Waals surface area contributed by atoms with E-state index in [4.69, 9.17) is 9.47 Å². The molecule has 10 heteroatoms. The molecule has 4 rings (SSSR count). The van der Waals surface area contributed by atoms with E-state index in [1.54, 1.807) is 42.3 Å². The van der Waals surface area contributed by atoms with Crippen molar-refractivity contribution >= 4 is 42.4 Å². The van der Waals surface area contributed by atoms with Crippen molar-refractivity contribution in [1.29, 1.82) is 0 Å². The van der Waals surface area contributed by atoms with Gasteiger partial charge in [0.2, 0.25) is 0 Å². The summed E-state index contributed by atoms with van der Waals surface area (Å²) in [4.78, 5) is 21.4. The van der Waals surface area contributed by atoms with Crippen LogP contribution in [0.25, 0.3) is 10.2 Å². The molecule has 0 spiro atoms. The molecule has 31 heavy (non-hydrogen) atoms. The third kappa shape index (κ3) is 4.75. The topological polar surface area (TPSA) is 89.0 Å². The second-order valence-electron chi connectivity index (χ2n) is 7.21. The number of hydrogen-bond donors (Lipinski definition) is 0. The molecule has 0 unspecified atom stereocenters. The van der Waals surface area contributed by atoms with Gasteiger partial charge < -0.3 is 19.3 Å². The normalized spacial score (nSPS) is 14.6. The van der Waals surface area contributed by atoms with Crippen LogP contribution in [-0.2, 0) is 14.6 Å². The Morgan fingerprint density at radius 1 is 1.10 bits per heavy atom. The lowest BCUT2D eigenvalue weighted by molar-refractivity contribution is -0.133. The molecule has 0 bridgehead atoms. The van der Waals surface area contributed by atoms with Crippen LogP contribution < -0.4 is 14.4 Å². The monoisotopic (exact) mass is 461 g/mol. The number of amides is 1. The molecule has 0 aliphatic carbocycles. The zero-order valence-corrected chi connectivity index (χ0v) is 18.9. The van der Waals surface area contributed by atoms with Gasteiger partial charge in [0.25, 0.3) is 5.91 Å². The number of hydrogen-bond acceptors (Lipinski definition) is 8. The Balaban J connectivity index is 1.36. The number of carbonyl (C=O) groups is 1. The molecule has 2 heterocycles. The molecular formula is C21H23N3O5S2. The van der Waals surface area contributed by atoms with Gasteiger partial charge in [-0.05, 0) is 30.3 Å². The Labute approximate surface area is 184 Å². The van der Waals surface area contributed by atoms with Gasteiger partial charge in [-0.25, -0.2) is 13.4 Å². The lowest BCUT2D eigenvalue weighted by atomic mass is 10.3. The number of aromatic nitrogens is 1. The van der Waals surface area contributed by atoms with Gasteiger partial charge in [-0.15, -0.1) is 0 Å². The highest BCUT2D eigenvalue weighted by Crippen LogP contribution is 2.31. The van der Waals surface area contributed by atoms with Gasteiger partial charge in [-0.3, -0.25) is 4.79 Å². The second kappa shape index (κ2) is 8.72. The molecule has 0 N–H and O–H groups in total. The first-order chi connectivity index (χ1) is 14.8. The SMILES string of the molecule is COc1ccccc1OCC(=O)N1CCN(c2nc3ccc(S(C)(=O)=O)cc3s2)CC1. The maximum absolute atomic E-state index is 12.6. The number of para-hydroxylation sites is 2. The highest BCUT2D eigenvalue weighted by Gasteiger charge is 2.24. The van der Waals surface area contributed by atoms with E-state index in [0.717, 1.165) is 15.3 Å². The van der Waals surface area contributed by atoms with Crippen molar-refractivity contribution in [1.82, 2.24) is 9.88 Å². The number of rotatable bonds is 6. The lowest BCUT2D eigenvalue weighted by Crippen LogP contribution is -2.50. The Morgan fingerprint density at radius 2 is 1.81 bits per heavy atom. The predicted octanol–water partition coefficient (Wildman–Crippen LogP) is 2.44. The average Bonchev–Trinajstić information content (AvgIpc) is 3.20. The van der Waals surface area contributed by atoms with Crippen molar-refractivity contribution in [2.45, 2.75) is 4.90 Å². The van der Waals surface area contributed by atoms with Gasteiger partial charge >= 0.3 is 0 Å². The number of ether oxygens (including phenoxy) is 2. The summed E-state index contributed by atoms with van der Waals surface area (Å²) in [6, 6.07) is 12.2. The molecule has 1 fully saturated rings. The molecule has 8 nitrogen and oxygen atoms in total. The summed E-state index contributed by atoms with van der Waals surface area (Å²) < 4.78 is 35.3. The van der Waals surface area contributed by atoms with E-state index in [1.165, 1.54) is 17.6 Å². The maximum atomic E-state index is 12.6. The van der Waals surface area contributed by atoms with E-state index in [0.29, 0.717) is 42.6 Å². The standard InChI is InChI=1S/C21H23N3O5S2/c1-28-17-5-3-4-6-18(17)29-14-20(25)23-9-11-24(12-10-23)21-22-16-8-7-15(31(2,26)27)13-19(16)30-21/h3-8,13H,9-12,14H2,1-2H3. The predicted molar refractivity (Wildman–Crippen MR) is 120 cm³/mol. The fourth-order valence-electron chi connectivity index (χ4n) is 3.37. The van der Waals surface area contributed by atoms with Crippen LogP contribution in [0.5, 0.6) is 11.5 Å². The molecule has 0 saturated carbocycles. The van der Waals surface area contributed by atoms with Crippen molar-refractivity contribution in [3.8, 4) is 11.5 Å². The fourth-order valence-corrected chi connectivity index (χ4v) is 5.15. The van der Waals surface area contributed by atoms with Crippen molar-refractivity contribution < 1.29 is 22.7 Å². The summed E-state index contributed by atoms with van der Waals surface area (Å²) in [6.45, 7) is 2.39. The number of sulfone groups is 1. The summed E-state index contributed by atoms with van der Waals surface area (Å²) in [6.07, 6.45) is 1.20. The smallest absolute Gasteiger partial charge is 0.260 e. The molecule has 0 atom stereocenters. The van der Waals surface area contributed by atoms with E-state index < -0.39 is 9.84 Å². The van der Waals surface area contributed by atoms with E-state index in [2.05, 4.69) is 9.88 Å². The van der Waals surface area contributed by atoms with Gasteiger partial charge in [0, 0.05) is 32.4 Å². The third-order valence-corrected chi connectivity index (χ3v) is 7.29. The highest BCUT2D eigenvalue weighted by atomic mass is 32.2. The Kier molecular flexibility index (Phi) is 6.01. The maximum Gasteiger partial charge on any atom is 0.260 e. The molecule has 2 aromatic carbocycles. The Bertz CT molecular complexity index is 1200. The zero-order chi connectivity index (χ0) is 22.0. The fraction of sp³-hybridized carbons (Fsp3) is 0.333. The number of benzene rings is 2. The number of thiazole rings is 1. The van der Waals surface area contributed by atoms with E-state index in [1.807, 2.05) is 12.1 Å². The van der Waals surface area contributed by atoms with Crippen LogP contribution in [0, 0.1) is 0 Å². The van der Waals surface area contributed by atoms with Crippen molar-refractivity contribution in [2.24, 2.45) is 0 Å².